The molecule has 0 fully saturated rings. The number of carbonyl (C=O) groups is 3. The molecule has 0 radical (unpaired) electrons. The molecule has 0 saturated heterocycles. The highest BCUT2D eigenvalue weighted by Crippen LogP contribution is 2.32. The second kappa shape index (κ2) is 5.86. The number of aryl methyl sites for hydroxylation is 1. The third-order valence-electron chi connectivity index (χ3n) is 5.24. The van der Waals surface area contributed by atoms with Crippen molar-refractivity contribution in [3.05, 3.63) is 112 Å². The number of ketones is 3. The Bertz CT molecular complexity index is 1310. The lowest BCUT2D eigenvalue weighted by Crippen LogP contribution is -2.26. The first-order chi connectivity index (χ1) is 13.6. The van der Waals surface area contributed by atoms with E-state index in [0.717, 1.165) is 5.56 Å². The van der Waals surface area contributed by atoms with Gasteiger partial charge in [0.2, 0.25) is 5.78 Å². The van der Waals surface area contributed by atoms with Crippen LogP contribution in [0.1, 0.15) is 53.5 Å². The molecule has 0 aliphatic heterocycles. The summed E-state index contributed by atoms with van der Waals surface area (Å²) < 4.78 is 1.69. The lowest BCUT2D eigenvalue weighted by atomic mass is 9.82. The minimum Gasteiger partial charge on any atom is -0.313 e. The fraction of sp³-hybridized carbons (Fsp3) is 0.0417. The highest BCUT2D eigenvalue weighted by atomic mass is 16.1. The maximum absolute atomic E-state index is 13.4. The zero-order valence-corrected chi connectivity index (χ0v) is 15.1. The van der Waals surface area contributed by atoms with Gasteiger partial charge in [0.25, 0.3) is 0 Å². The van der Waals surface area contributed by atoms with E-state index in [1.54, 1.807) is 59.1 Å². The van der Waals surface area contributed by atoms with Crippen molar-refractivity contribution in [2.45, 2.75) is 6.92 Å². The first kappa shape index (κ1) is 16.4. The van der Waals surface area contributed by atoms with Gasteiger partial charge in [-0.2, -0.15) is 0 Å². The van der Waals surface area contributed by atoms with Crippen LogP contribution in [0.3, 0.4) is 0 Å². The Morgan fingerprint density at radius 3 is 2.18 bits per heavy atom. The summed E-state index contributed by atoms with van der Waals surface area (Å²) in [6.45, 7) is 1.95. The van der Waals surface area contributed by atoms with Crippen LogP contribution in [0.2, 0.25) is 0 Å². The molecular formula is C24H15NO3. The Balaban J connectivity index is 1.84. The Morgan fingerprint density at radius 1 is 0.786 bits per heavy atom. The molecule has 4 heteroatoms. The molecule has 0 spiro atoms. The lowest BCUT2D eigenvalue weighted by Gasteiger charge is -2.21. The number of benzene rings is 2. The molecule has 0 bridgehead atoms. The second-order valence-electron chi connectivity index (χ2n) is 6.98. The van der Waals surface area contributed by atoms with Crippen molar-refractivity contribution < 1.29 is 14.4 Å². The molecule has 2 aromatic carbocycles. The zero-order chi connectivity index (χ0) is 19.4. The first-order valence-corrected chi connectivity index (χ1v) is 9.00. The van der Waals surface area contributed by atoms with Crippen molar-refractivity contribution in [3.63, 3.8) is 0 Å². The molecule has 4 nitrogen and oxygen atoms in total. The normalized spacial score (nSPS) is 12.8. The molecule has 28 heavy (non-hydrogen) atoms. The van der Waals surface area contributed by atoms with E-state index in [1.807, 2.05) is 25.1 Å². The van der Waals surface area contributed by atoms with Gasteiger partial charge < -0.3 is 4.40 Å². The fourth-order valence-electron chi connectivity index (χ4n) is 3.82. The van der Waals surface area contributed by atoms with E-state index in [0.29, 0.717) is 22.2 Å². The standard InChI is InChI=1S/C24H15NO3/c1-14-8-10-15(11-9-14)22(26)21-20-19(13-16-5-4-12-25(16)21)23(27)17-6-2-3-7-18(17)24(20)28/h2-13H,1H3. The summed E-state index contributed by atoms with van der Waals surface area (Å²) in [4.78, 5) is 39.8. The summed E-state index contributed by atoms with van der Waals surface area (Å²) in [7, 11) is 0. The van der Waals surface area contributed by atoms with Crippen molar-refractivity contribution in [2.24, 2.45) is 0 Å². The highest BCUT2D eigenvalue weighted by molar-refractivity contribution is 6.31. The molecule has 4 aromatic rings. The number of pyridine rings is 1. The average Bonchev–Trinajstić information content (AvgIpc) is 3.19. The SMILES string of the molecule is Cc1ccc(C(=O)c2c3c(cc4cccn24)C(=O)c2ccccc2C3=O)cc1. The number of hydrogen-bond acceptors (Lipinski definition) is 3. The van der Waals surface area contributed by atoms with Gasteiger partial charge in [0.1, 0.15) is 5.69 Å². The Hall–Kier alpha value is -3.79. The predicted octanol–water partition coefficient (Wildman–Crippen LogP) is 4.25. The minimum atomic E-state index is -0.295. The summed E-state index contributed by atoms with van der Waals surface area (Å²) in [5, 5.41) is 0. The number of fused-ring (bicyclic) bond motifs is 3. The van der Waals surface area contributed by atoms with Gasteiger partial charge in [-0.25, -0.2) is 0 Å². The van der Waals surface area contributed by atoms with Gasteiger partial charge >= 0.3 is 0 Å². The zero-order valence-electron chi connectivity index (χ0n) is 15.1. The van der Waals surface area contributed by atoms with Gasteiger partial charge in [-0.15, -0.1) is 0 Å². The lowest BCUT2D eigenvalue weighted by molar-refractivity contribution is 0.0969. The number of hydrogen-bond donors (Lipinski definition) is 0. The monoisotopic (exact) mass is 365 g/mol. The van der Waals surface area contributed by atoms with Gasteiger partial charge in [0.05, 0.1) is 5.56 Å². The first-order valence-electron chi connectivity index (χ1n) is 9.00. The number of aromatic nitrogens is 1. The summed E-state index contributed by atoms with van der Waals surface area (Å²) in [6.07, 6.45) is 1.75. The van der Waals surface area contributed by atoms with E-state index in [4.69, 9.17) is 0 Å². The Morgan fingerprint density at radius 2 is 1.46 bits per heavy atom. The van der Waals surface area contributed by atoms with Crippen LogP contribution in [-0.2, 0) is 0 Å². The molecule has 0 unspecified atom stereocenters. The molecule has 1 aliphatic carbocycles. The molecule has 0 N–H and O–H groups in total. The molecule has 0 saturated carbocycles. The quantitative estimate of drug-likeness (QED) is 0.439. The van der Waals surface area contributed by atoms with Crippen molar-refractivity contribution in [1.82, 2.24) is 4.40 Å². The summed E-state index contributed by atoms with van der Waals surface area (Å²) in [5.74, 6) is -0.804. The van der Waals surface area contributed by atoms with Crippen molar-refractivity contribution in [2.75, 3.05) is 0 Å². The molecule has 2 heterocycles. The molecule has 0 amide bonds. The highest BCUT2D eigenvalue weighted by Gasteiger charge is 2.35. The van der Waals surface area contributed by atoms with Crippen LogP contribution in [0.5, 0.6) is 0 Å². The predicted molar refractivity (Wildman–Crippen MR) is 105 cm³/mol. The van der Waals surface area contributed by atoms with Crippen molar-refractivity contribution >= 4 is 22.9 Å². The minimum absolute atomic E-state index is 0.179. The van der Waals surface area contributed by atoms with Crippen LogP contribution < -0.4 is 0 Å². The molecule has 1 aliphatic rings. The third-order valence-corrected chi connectivity index (χ3v) is 5.24. The van der Waals surface area contributed by atoms with Crippen LogP contribution >= 0.6 is 0 Å². The number of carbonyl (C=O) groups excluding carboxylic acids is 3. The molecule has 5 rings (SSSR count). The van der Waals surface area contributed by atoms with Crippen LogP contribution in [0, 0.1) is 6.92 Å². The van der Waals surface area contributed by atoms with Gasteiger partial charge in [0, 0.05) is 34.0 Å². The van der Waals surface area contributed by atoms with Gasteiger partial charge in [-0.1, -0.05) is 54.1 Å². The van der Waals surface area contributed by atoms with Crippen LogP contribution in [-0.4, -0.2) is 21.8 Å². The van der Waals surface area contributed by atoms with Gasteiger partial charge in [-0.3, -0.25) is 14.4 Å². The fourth-order valence-corrected chi connectivity index (χ4v) is 3.82. The Labute approximate surface area is 161 Å². The van der Waals surface area contributed by atoms with E-state index in [9.17, 15) is 14.4 Å². The number of rotatable bonds is 2. The van der Waals surface area contributed by atoms with E-state index in [-0.39, 0.29) is 34.2 Å². The van der Waals surface area contributed by atoms with Crippen molar-refractivity contribution in [3.8, 4) is 0 Å². The maximum Gasteiger partial charge on any atom is 0.210 e. The van der Waals surface area contributed by atoms with Gasteiger partial charge in [-0.05, 0) is 25.1 Å². The number of nitrogens with zero attached hydrogens (tertiary/aromatic N) is 1. The van der Waals surface area contributed by atoms with Gasteiger partial charge in [0.15, 0.2) is 11.6 Å². The van der Waals surface area contributed by atoms with Crippen LogP contribution in [0.4, 0.5) is 0 Å². The maximum atomic E-state index is 13.4. The summed E-state index contributed by atoms with van der Waals surface area (Å²) in [6, 6.07) is 19.3. The summed E-state index contributed by atoms with van der Waals surface area (Å²) >= 11 is 0. The van der Waals surface area contributed by atoms with Crippen LogP contribution in [0.15, 0.2) is 72.9 Å². The van der Waals surface area contributed by atoms with E-state index < -0.39 is 0 Å². The van der Waals surface area contributed by atoms with E-state index in [2.05, 4.69) is 0 Å². The van der Waals surface area contributed by atoms with E-state index >= 15 is 0 Å². The molecule has 0 atom stereocenters. The second-order valence-corrected chi connectivity index (χ2v) is 6.98. The Kier molecular flexibility index (Phi) is 3.43. The smallest absolute Gasteiger partial charge is 0.210 e. The van der Waals surface area contributed by atoms with Crippen molar-refractivity contribution in [1.29, 1.82) is 0 Å². The molecule has 134 valence electrons. The third kappa shape index (κ3) is 2.21. The summed E-state index contributed by atoms with van der Waals surface area (Å²) in [5.41, 5.74) is 3.63. The molecular weight excluding hydrogens is 350 g/mol. The van der Waals surface area contributed by atoms with E-state index in [1.165, 1.54) is 0 Å². The largest absolute Gasteiger partial charge is 0.313 e. The van der Waals surface area contributed by atoms with Crippen LogP contribution in [0.25, 0.3) is 5.52 Å². The molecule has 2 aromatic heterocycles. The topological polar surface area (TPSA) is 55.6 Å². The average molecular weight is 365 g/mol.